The Morgan fingerprint density at radius 3 is 2.44 bits per heavy atom. The first-order chi connectivity index (χ1) is 8.39. The Morgan fingerprint density at radius 2 is 1.89 bits per heavy atom. The third-order valence-corrected chi connectivity index (χ3v) is 2.88. The second kappa shape index (κ2) is 6.11. The van der Waals surface area contributed by atoms with Crippen LogP contribution < -0.4 is 15.4 Å². The second-order valence-corrected chi connectivity index (χ2v) is 4.82. The van der Waals surface area contributed by atoms with Crippen LogP contribution in [0.25, 0.3) is 0 Å². The maximum atomic E-state index is 13.6. The molecule has 1 aromatic carbocycles. The van der Waals surface area contributed by atoms with Crippen molar-refractivity contribution in [2.75, 3.05) is 20.7 Å². The first kappa shape index (κ1) is 14.9. The van der Waals surface area contributed by atoms with Crippen LogP contribution >= 0.6 is 0 Å². The van der Waals surface area contributed by atoms with Gasteiger partial charge in [-0.15, -0.1) is 0 Å². The minimum absolute atomic E-state index is 0.0770. The highest BCUT2D eigenvalue weighted by Crippen LogP contribution is 2.21. The van der Waals surface area contributed by atoms with Crippen molar-refractivity contribution >= 4 is 0 Å². The molecule has 3 nitrogen and oxygen atoms in total. The molecule has 0 unspecified atom stereocenters. The summed E-state index contributed by atoms with van der Waals surface area (Å²) in [6, 6.07) is 2.23. The van der Waals surface area contributed by atoms with Gasteiger partial charge in [0.1, 0.15) is 5.82 Å². The lowest BCUT2D eigenvalue weighted by atomic mass is 10.1. The maximum Gasteiger partial charge on any atom is 0.165 e. The Morgan fingerprint density at radius 1 is 1.22 bits per heavy atom. The number of benzene rings is 1. The summed E-state index contributed by atoms with van der Waals surface area (Å²) >= 11 is 0. The van der Waals surface area contributed by atoms with Crippen LogP contribution in [-0.4, -0.2) is 26.2 Å². The van der Waals surface area contributed by atoms with Gasteiger partial charge in [-0.05, 0) is 27.0 Å². The smallest absolute Gasteiger partial charge is 0.165 e. The second-order valence-electron chi connectivity index (χ2n) is 4.82. The number of ether oxygens (including phenoxy) is 1. The molecule has 5 heteroatoms. The minimum atomic E-state index is -0.552. The van der Waals surface area contributed by atoms with Crippen molar-refractivity contribution in [1.82, 2.24) is 10.6 Å². The van der Waals surface area contributed by atoms with E-state index in [2.05, 4.69) is 10.6 Å². The van der Waals surface area contributed by atoms with Crippen molar-refractivity contribution in [1.29, 1.82) is 0 Å². The Balaban J connectivity index is 2.66. The molecule has 0 bridgehead atoms. The molecule has 18 heavy (non-hydrogen) atoms. The molecule has 0 radical (unpaired) electrons. The summed E-state index contributed by atoms with van der Waals surface area (Å²) in [7, 11) is 3.17. The molecular weight excluding hydrogens is 238 g/mol. The topological polar surface area (TPSA) is 33.3 Å². The number of hydrogen-bond donors (Lipinski definition) is 2. The summed E-state index contributed by atoms with van der Waals surface area (Å²) in [5.74, 6) is -1.10. The van der Waals surface area contributed by atoms with E-state index in [1.54, 1.807) is 0 Å². The first-order valence-corrected chi connectivity index (χ1v) is 5.81. The number of hydrogen-bond acceptors (Lipinski definition) is 3. The molecule has 0 saturated heterocycles. The van der Waals surface area contributed by atoms with Crippen molar-refractivity contribution in [2.45, 2.75) is 25.9 Å². The number of nitrogens with one attached hydrogen (secondary N) is 2. The van der Waals surface area contributed by atoms with Crippen LogP contribution in [0.2, 0.25) is 0 Å². The van der Waals surface area contributed by atoms with Gasteiger partial charge in [-0.25, -0.2) is 8.78 Å². The highest BCUT2D eigenvalue weighted by Gasteiger charge is 2.15. The molecule has 2 N–H and O–H groups in total. The summed E-state index contributed by atoms with van der Waals surface area (Å²) in [5, 5.41) is 6.21. The summed E-state index contributed by atoms with van der Waals surface area (Å²) in [6.45, 7) is 4.96. The highest BCUT2D eigenvalue weighted by molar-refractivity contribution is 5.30. The van der Waals surface area contributed by atoms with Crippen LogP contribution in [0.1, 0.15) is 19.4 Å². The van der Waals surface area contributed by atoms with E-state index < -0.39 is 11.6 Å². The lowest BCUT2D eigenvalue weighted by molar-refractivity contribution is 0.378. The van der Waals surface area contributed by atoms with E-state index in [-0.39, 0.29) is 17.8 Å². The highest BCUT2D eigenvalue weighted by atomic mass is 19.1. The molecular formula is C13H20F2N2O. The van der Waals surface area contributed by atoms with E-state index in [0.29, 0.717) is 12.1 Å². The number of likely N-dealkylation sites (N-methyl/N-ethyl adjacent to an activating group) is 1. The molecule has 0 aliphatic carbocycles. The third kappa shape index (κ3) is 3.92. The molecule has 0 spiro atoms. The van der Waals surface area contributed by atoms with Gasteiger partial charge in [-0.3, -0.25) is 0 Å². The Labute approximate surface area is 107 Å². The van der Waals surface area contributed by atoms with E-state index >= 15 is 0 Å². The number of methoxy groups -OCH3 is 1. The van der Waals surface area contributed by atoms with Gasteiger partial charge in [0.15, 0.2) is 11.6 Å². The predicted octanol–water partition coefficient (Wildman–Crippen LogP) is 2.06. The van der Waals surface area contributed by atoms with Crippen molar-refractivity contribution in [3.8, 4) is 5.75 Å². The van der Waals surface area contributed by atoms with Crippen LogP contribution in [0.3, 0.4) is 0 Å². The number of rotatable bonds is 6. The molecule has 0 amide bonds. The Bertz CT molecular complexity index is 408. The Kier molecular flexibility index (Phi) is 5.04. The lowest BCUT2D eigenvalue weighted by Gasteiger charge is -2.24. The van der Waals surface area contributed by atoms with Crippen LogP contribution in [-0.2, 0) is 6.54 Å². The predicted molar refractivity (Wildman–Crippen MR) is 67.8 cm³/mol. The standard InChI is InChI=1S/C13H20F2N2O/c1-13(2,16-3)8-17-7-9-5-11(15)12(18-4)6-10(9)14/h5-6,16-17H,7-8H2,1-4H3. The van der Waals surface area contributed by atoms with Crippen LogP contribution in [0, 0.1) is 11.6 Å². The molecule has 0 aromatic heterocycles. The molecule has 0 fully saturated rings. The third-order valence-electron chi connectivity index (χ3n) is 2.88. The molecule has 0 atom stereocenters. The van der Waals surface area contributed by atoms with Gasteiger partial charge in [0.25, 0.3) is 0 Å². The fourth-order valence-electron chi connectivity index (χ4n) is 1.46. The van der Waals surface area contributed by atoms with Gasteiger partial charge >= 0.3 is 0 Å². The normalized spacial score (nSPS) is 11.7. The zero-order valence-electron chi connectivity index (χ0n) is 11.2. The summed E-state index contributed by atoms with van der Waals surface area (Å²) in [4.78, 5) is 0. The van der Waals surface area contributed by atoms with Gasteiger partial charge in [0, 0.05) is 30.3 Å². The van der Waals surface area contributed by atoms with Gasteiger partial charge < -0.3 is 15.4 Å². The Hall–Kier alpha value is -1.20. The van der Waals surface area contributed by atoms with E-state index in [4.69, 9.17) is 4.74 Å². The van der Waals surface area contributed by atoms with Crippen LogP contribution in [0.15, 0.2) is 12.1 Å². The fourth-order valence-corrected chi connectivity index (χ4v) is 1.46. The van der Waals surface area contributed by atoms with Crippen molar-refractivity contribution in [2.24, 2.45) is 0 Å². The van der Waals surface area contributed by atoms with Gasteiger partial charge in [0.05, 0.1) is 7.11 Å². The van der Waals surface area contributed by atoms with Crippen LogP contribution in [0.5, 0.6) is 5.75 Å². The average molecular weight is 258 g/mol. The summed E-state index contributed by atoms with van der Waals surface area (Å²) in [6.07, 6.45) is 0. The SMILES string of the molecule is CNC(C)(C)CNCc1cc(F)c(OC)cc1F. The molecule has 1 rings (SSSR count). The number of halogens is 2. The van der Waals surface area contributed by atoms with Crippen molar-refractivity contribution < 1.29 is 13.5 Å². The molecule has 0 saturated carbocycles. The lowest BCUT2D eigenvalue weighted by Crippen LogP contribution is -2.45. The van der Waals surface area contributed by atoms with Gasteiger partial charge in [-0.1, -0.05) is 0 Å². The largest absolute Gasteiger partial charge is 0.494 e. The van der Waals surface area contributed by atoms with E-state index in [1.807, 2.05) is 20.9 Å². The van der Waals surface area contributed by atoms with Gasteiger partial charge in [0.2, 0.25) is 0 Å². The quantitative estimate of drug-likeness (QED) is 0.819. The molecule has 1 aromatic rings. The van der Waals surface area contributed by atoms with Crippen LogP contribution in [0.4, 0.5) is 8.78 Å². The fraction of sp³-hybridized carbons (Fsp3) is 0.538. The summed E-state index contributed by atoms with van der Waals surface area (Å²) < 4.78 is 31.8. The molecule has 0 aliphatic heterocycles. The van der Waals surface area contributed by atoms with Gasteiger partial charge in [-0.2, -0.15) is 0 Å². The zero-order chi connectivity index (χ0) is 13.8. The van der Waals surface area contributed by atoms with Crippen molar-refractivity contribution in [3.63, 3.8) is 0 Å². The maximum absolute atomic E-state index is 13.6. The zero-order valence-corrected chi connectivity index (χ0v) is 11.2. The average Bonchev–Trinajstić information content (AvgIpc) is 2.33. The van der Waals surface area contributed by atoms with E-state index in [0.717, 1.165) is 12.1 Å². The summed E-state index contributed by atoms with van der Waals surface area (Å²) in [5.41, 5.74) is 0.196. The monoisotopic (exact) mass is 258 g/mol. The van der Waals surface area contributed by atoms with Crippen molar-refractivity contribution in [3.05, 3.63) is 29.3 Å². The first-order valence-electron chi connectivity index (χ1n) is 5.81. The molecule has 0 heterocycles. The minimum Gasteiger partial charge on any atom is -0.494 e. The van der Waals surface area contributed by atoms with E-state index in [9.17, 15) is 8.78 Å². The molecule has 102 valence electrons. The molecule has 0 aliphatic rings. The van der Waals surface area contributed by atoms with E-state index in [1.165, 1.54) is 7.11 Å².